The first-order chi connectivity index (χ1) is 8.49. The van der Waals surface area contributed by atoms with Crippen LogP contribution in [0.15, 0.2) is 28.7 Å². The first kappa shape index (κ1) is 14.7. The van der Waals surface area contributed by atoms with Gasteiger partial charge < -0.3 is 15.5 Å². The van der Waals surface area contributed by atoms with E-state index in [0.717, 1.165) is 4.47 Å². The summed E-state index contributed by atoms with van der Waals surface area (Å²) in [6, 6.07) is 7.07. The number of benzene rings is 1. The Morgan fingerprint density at radius 2 is 2.00 bits per heavy atom. The lowest BCUT2D eigenvalue weighted by molar-refractivity contribution is -0.136. The van der Waals surface area contributed by atoms with Crippen LogP contribution >= 0.6 is 15.9 Å². The zero-order valence-corrected chi connectivity index (χ0v) is 12.0. The topological polar surface area (TPSA) is 61.4 Å². The number of nitrogens with one attached hydrogen (secondary N) is 2. The Hall–Kier alpha value is -1.40. The van der Waals surface area contributed by atoms with Gasteiger partial charge in [-0.3, -0.25) is 9.59 Å². The van der Waals surface area contributed by atoms with Crippen LogP contribution in [0.2, 0.25) is 0 Å². The van der Waals surface area contributed by atoms with Gasteiger partial charge in [-0.25, -0.2) is 0 Å². The Morgan fingerprint density at radius 1 is 1.28 bits per heavy atom. The van der Waals surface area contributed by atoms with Crippen molar-refractivity contribution in [3.05, 3.63) is 28.7 Å². The van der Waals surface area contributed by atoms with Crippen LogP contribution in [0.5, 0.6) is 0 Å². The van der Waals surface area contributed by atoms with E-state index in [4.69, 9.17) is 0 Å². The monoisotopic (exact) mass is 313 g/mol. The Balaban J connectivity index is 2.43. The van der Waals surface area contributed by atoms with Crippen LogP contribution in [0.25, 0.3) is 0 Å². The Labute approximate surface area is 115 Å². The van der Waals surface area contributed by atoms with Crippen LogP contribution in [-0.4, -0.2) is 43.9 Å². The van der Waals surface area contributed by atoms with Gasteiger partial charge in [-0.05, 0) is 32.3 Å². The number of carbonyl (C=O) groups is 2. The van der Waals surface area contributed by atoms with Gasteiger partial charge >= 0.3 is 11.8 Å². The minimum atomic E-state index is -0.660. The molecule has 0 saturated heterocycles. The van der Waals surface area contributed by atoms with Gasteiger partial charge in [0.05, 0.1) is 0 Å². The van der Waals surface area contributed by atoms with Crippen LogP contribution < -0.4 is 10.6 Å². The number of amides is 2. The van der Waals surface area contributed by atoms with Crippen molar-refractivity contribution in [1.29, 1.82) is 0 Å². The zero-order chi connectivity index (χ0) is 13.5. The lowest BCUT2D eigenvalue weighted by Crippen LogP contribution is -2.38. The molecule has 0 aliphatic carbocycles. The molecule has 0 fully saturated rings. The van der Waals surface area contributed by atoms with Crippen molar-refractivity contribution in [1.82, 2.24) is 10.2 Å². The molecule has 6 heteroatoms. The van der Waals surface area contributed by atoms with Crippen LogP contribution in [0.1, 0.15) is 0 Å². The lowest BCUT2D eigenvalue weighted by Gasteiger charge is -2.10. The molecular weight excluding hydrogens is 298 g/mol. The molecule has 0 radical (unpaired) electrons. The number of hydrogen-bond donors (Lipinski definition) is 2. The standard InChI is InChI=1S/C12H16BrN3O2/c1-16(2)7-6-14-11(17)12(18)15-10-5-3-4-9(13)8-10/h3-5,8H,6-7H2,1-2H3,(H,14,17)(H,15,18). The second-order valence-corrected chi connectivity index (χ2v) is 4.94. The molecule has 98 valence electrons. The molecule has 0 aliphatic rings. The number of carbonyl (C=O) groups excluding carboxylic acids is 2. The van der Waals surface area contributed by atoms with E-state index in [2.05, 4.69) is 26.6 Å². The molecule has 0 saturated carbocycles. The summed E-state index contributed by atoms with van der Waals surface area (Å²) < 4.78 is 0.841. The predicted octanol–water partition coefficient (Wildman–Crippen LogP) is 1.07. The van der Waals surface area contributed by atoms with E-state index in [9.17, 15) is 9.59 Å². The highest BCUT2D eigenvalue weighted by Gasteiger charge is 2.12. The summed E-state index contributed by atoms with van der Waals surface area (Å²) >= 11 is 3.29. The summed E-state index contributed by atoms with van der Waals surface area (Å²) in [5.41, 5.74) is 0.581. The van der Waals surface area contributed by atoms with Crippen molar-refractivity contribution in [3.63, 3.8) is 0 Å². The fourth-order valence-corrected chi connectivity index (χ4v) is 1.63. The van der Waals surface area contributed by atoms with E-state index in [-0.39, 0.29) is 0 Å². The molecule has 0 spiro atoms. The van der Waals surface area contributed by atoms with Crippen LogP contribution in [0.3, 0.4) is 0 Å². The first-order valence-corrected chi connectivity index (χ1v) is 6.28. The fraction of sp³-hybridized carbons (Fsp3) is 0.333. The summed E-state index contributed by atoms with van der Waals surface area (Å²) in [5.74, 6) is -1.29. The van der Waals surface area contributed by atoms with E-state index >= 15 is 0 Å². The molecule has 1 rings (SSSR count). The maximum Gasteiger partial charge on any atom is 0.313 e. The lowest BCUT2D eigenvalue weighted by atomic mass is 10.3. The fourth-order valence-electron chi connectivity index (χ4n) is 1.23. The Morgan fingerprint density at radius 3 is 2.61 bits per heavy atom. The minimum Gasteiger partial charge on any atom is -0.347 e. The third-order valence-electron chi connectivity index (χ3n) is 2.13. The number of halogens is 1. The SMILES string of the molecule is CN(C)CCNC(=O)C(=O)Nc1cccc(Br)c1. The maximum absolute atomic E-state index is 11.5. The molecule has 0 aliphatic heterocycles. The van der Waals surface area contributed by atoms with Crippen molar-refractivity contribution in [2.45, 2.75) is 0 Å². The smallest absolute Gasteiger partial charge is 0.313 e. The molecule has 0 bridgehead atoms. The minimum absolute atomic E-state index is 0.442. The van der Waals surface area contributed by atoms with E-state index < -0.39 is 11.8 Å². The average molecular weight is 314 g/mol. The molecule has 0 heterocycles. The molecule has 0 atom stereocenters. The zero-order valence-electron chi connectivity index (χ0n) is 10.4. The number of nitrogens with zero attached hydrogens (tertiary/aromatic N) is 1. The normalized spacial score (nSPS) is 10.2. The highest BCUT2D eigenvalue weighted by atomic mass is 79.9. The summed E-state index contributed by atoms with van der Waals surface area (Å²) in [4.78, 5) is 24.9. The summed E-state index contributed by atoms with van der Waals surface area (Å²) in [5, 5.41) is 5.07. The van der Waals surface area contributed by atoms with Crippen molar-refractivity contribution >= 4 is 33.4 Å². The van der Waals surface area contributed by atoms with E-state index in [1.165, 1.54) is 0 Å². The van der Waals surface area contributed by atoms with Gasteiger partial charge in [-0.15, -0.1) is 0 Å². The van der Waals surface area contributed by atoms with Gasteiger partial charge in [0, 0.05) is 23.2 Å². The highest BCUT2D eigenvalue weighted by molar-refractivity contribution is 9.10. The Bertz CT molecular complexity index is 435. The second-order valence-electron chi connectivity index (χ2n) is 4.02. The molecule has 2 N–H and O–H groups in total. The summed E-state index contributed by atoms with van der Waals surface area (Å²) in [6.07, 6.45) is 0. The molecule has 5 nitrogen and oxygen atoms in total. The van der Waals surface area contributed by atoms with E-state index in [1.54, 1.807) is 18.2 Å². The molecular formula is C12H16BrN3O2. The molecule has 0 unspecified atom stereocenters. The van der Waals surface area contributed by atoms with Crippen molar-refractivity contribution in [3.8, 4) is 0 Å². The number of anilines is 1. The van der Waals surface area contributed by atoms with E-state index in [1.807, 2.05) is 25.1 Å². The van der Waals surface area contributed by atoms with Crippen LogP contribution in [0.4, 0.5) is 5.69 Å². The van der Waals surface area contributed by atoms with Crippen molar-refractivity contribution in [2.75, 3.05) is 32.5 Å². The van der Waals surface area contributed by atoms with Gasteiger partial charge in [0.1, 0.15) is 0 Å². The van der Waals surface area contributed by atoms with Crippen LogP contribution in [0, 0.1) is 0 Å². The number of rotatable bonds is 4. The van der Waals surface area contributed by atoms with Gasteiger partial charge in [-0.1, -0.05) is 22.0 Å². The molecule has 18 heavy (non-hydrogen) atoms. The molecule has 0 aromatic heterocycles. The second kappa shape index (κ2) is 7.13. The Kier molecular flexibility index (Phi) is 5.80. The van der Waals surface area contributed by atoms with E-state index in [0.29, 0.717) is 18.8 Å². The van der Waals surface area contributed by atoms with Crippen LogP contribution in [-0.2, 0) is 9.59 Å². The van der Waals surface area contributed by atoms with Gasteiger partial charge in [-0.2, -0.15) is 0 Å². The largest absolute Gasteiger partial charge is 0.347 e. The quantitative estimate of drug-likeness (QED) is 0.817. The molecule has 2 amide bonds. The predicted molar refractivity (Wildman–Crippen MR) is 74.3 cm³/mol. The molecule has 1 aromatic rings. The highest BCUT2D eigenvalue weighted by Crippen LogP contribution is 2.15. The van der Waals surface area contributed by atoms with Crippen molar-refractivity contribution < 1.29 is 9.59 Å². The number of likely N-dealkylation sites (N-methyl/N-ethyl adjacent to an activating group) is 1. The molecule has 1 aromatic carbocycles. The third kappa shape index (κ3) is 5.29. The van der Waals surface area contributed by atoms with Gasteiger partial charge in [0.2, 0.25) is 0 Å². The third-order valence-corrected chi connectivity index (χ3v) is 2.63. The number of hydrogen-bond acceptors (Lipinski definition) is 3. The summed E-state index contributed by atoms with van der Waals surface area (Å²) in [7, 11) is 3.79. The van der Waals surface area contributed by atoms with Gasteiger partial charge in [0.25, 0.3) is 0 Å². The first-order valence-electron chi connectivity index (χ1n) is 5.48. The average Bonchev–Trinajstić information content (AvgIpc) is 2.28. The summed E-state index contributed by atoms with van der Waals surface area (Å²) in [6.45, 7) is 1.13. The van der Waals surface area contributed by atoms with Gasteiger partial charge in [0.15, 0.2) is 0 Å². The maximum atomic E-state index is 11.5. The van der Waals surface area contributed by atoms with Crippen molar-refractivity contribution in [2.24, 2.45) is 0 Å².